The van der Waals surface area contributed by atoms with Crippen LogP contribution in [0.5, 0.6) is 0 Å². The van der Waals surface area contributed by atoms with E-state index in [9.17, 15) is 10.1 Å². The van der Waals surface area contributed by atoms with Gasteiger partial charge in [0.1, 0.15) is 5.69 Å². The molecular weight excluding hydrogens is 234 g/mol. The van der Waals surface area contributed by atoms with Crippen LogP contribution in [-0.2, 0) is 11.3 Å². The molecule has 0 heterocycles. The molecule has 18 heavy (non-hydrogen) atoms. The van der Waals surface area contributed by atoms with Gasteiger partial charge in [-0.15, -0.1) is 0 Å². The molecule has 1 aromatic carbocycles. The second-order valence-corrected chi connectivity index (χ2v) is 4.47. The van der Waals surface area contributed by atoms with Crippen LogP contribution in [-0.4, -0.2) is 11.0 Å². The molecule has 0 amide bonds. The van der Waals surface area contributed by atoms with Crippen molar-refractivity contribution in [2.45, 2.75) is 38.4 Å². The molecule has 98 valence electrons. The van der Waals surface area contributed by atoms with Crippen molar-refractivity contribution in [3.63, 3.8) is 0 Å². The molecule has 0 bridgehead atoms. The van der Waals surface area contributed by atoms with Crippen molar-refractivity contribution in [1.82, 2.24) is 0 Å². The second kappa shape index (κ2) is 5.79. The quantitative estimate of drug-likeness (QED) is 0.476. The van der Waals surface area contributed by atoms with Gasteiger partial charge in [-0.05, 0) is 24.5 Å². The largest absolute Gasteiger partial charge is 0.374 e. The Labute approximate surface area is 105 Å². The van der Waals surface area contributed by atoms with Crippen LogP contribution in [0.3, 0.4) is 0 Å². The lowest BCUT2D eigenvalue weighted by Gasteiger charge is -2.11. The molecular formula is C12H17N3O3. The molecule has 1 fully saturated rings. The fraction of sp³-hybridized carbons (Fsp3) is 0.500. The van der Waals surface area contributed by atoms with Crippen LogP contribution in [0.25, 0.3) is 0 Å². The van der Waals surface area contributed by atoms with Crippen molar-refractivity contribution in [2.75, 3.05) is 5.43 Å². The first-order chi connectivity index (χ1) is 8.70. The normalized spacial score (nSPS) is 15.8. The average Bonchev–Trinajstić information content (AvgIpc) is 2.89. The van der Waals surface area contributed by atoms with Crippen LogP contribution in [0.15, 0.2) is 18.2 Å². The van der Waals surface area contributed by atoms with Crippen LogP contribution in [0, 0.1) is 10.1 Å². The first-order valence-corrected chi connectivity index (χ1v) is 6.06. The number of hydrogen-bond acceptors (Lipinski definition) is 5. The highest BCUT2D eigenvalue weighted by Gasteiger charge is 2.17. The third kappa shape index (κ3) is 2.96. The molecule has 3 N–H and O–H groups in total. The van der Waals surface area contributed by atoms with Crippen molar-refractivity contribution in [3.8, 4) is 0 Å². The van der Waals surface area contributed by atoms with Crippen LogP contribution in [0.1, 0.15) is 31.2 Å². The highest BCUT2D eigenvalue weighted by molar-refractivity contribution is 5.61. The second-order valence-electron chi connectivity index (χ2n) is 4.47. The van der Waals surface area contributed by atoms with Gasteiger partial charge < -0.3 is 10.2 Å². The van der Waals surface area contributed by atoms with Gasteiger partial charge in [-0.3, -0.25) is 16.0 Å². The number of nitrogens with two attached hydrogens (primary N) is 1. The van der Waals surface area contributed by atoms with Gasteiger partial charge in [-0.2, -0.15) is 0 Å². The van der Waals surface area contributed by atoms with E-state index >= 15 is 0 Å². The predicted octanol–water partition coefficient (Wildman–Crippen LogP) is 2.34. The Hall–Kier alpha value is -1.66. The number of benzene rings is 1. The van der Waals surface area contributed by atoms with E-state index < -0.39 is 4.92 Å². The van der Waals surface area contributed by atoms with Gasteiger partial charge in [0.25, 0.3) is 5.69 Å². The van der Waals surface area contributed by atoms with Gasteiger partial charge in [0.2, 0.25) is 0 Å². The van der Waals surface area contributed by atoms with E-state index in [4.69, 9.17) is 10.6 Å². The number of nitro benzene ring substituents is 1. The molecule has 6 nitrogen and oxygen atoms in total. The lowest BCUT2D eigenvalue weighted by atomic mass is 10.2. The molecule has 0 aliphatic heterocycles. The zero-order valence-electron chi connectivity index (χ0n) is 10.1. The first kappa shape index (κ1) is 12.8. The predicted molar refractivity (Wildman–Crippen MR) is 68.0 cm³/mol. The zero-order chi connectivity index (χ0) is 13.0. The molecule has 0 spiro atoms. The Kier molecular flexibility index (Phi) is 4.11. The van der Waals surface area contributed by atoms with E-state index in [0.29, 0.717) is 18.4 Å². The topological polar surface area (TPSA) is 90.4 Å². The maximum atomic E-state index is 10.9. The summed E-state index contributed by atoms with van der Waals surface area (Å²) in [6.07, 6.45) is 4.90. The molecule has 6 heteroatoms. The fourth-order valence-electron chi connectivity index (χ4n) is 2.21. The fourth-order valence-corrected chi connectivity index (χ4v) is 2.21. The van der Waals surface area contributed by atoms with Crippen molar-refractivity contribution in [3.05, 3.63) is 33.9 Å². The summed E-state index contributed by atoms with van der Waals surface area (Å²) in [4.78, 5) is 10.4. The SMILES string of the molecule is NNc1ccc(COC2CCCC2)cc1[N+](=O)[O-]. The summed E-state index contributed by atoms with van der Waals surface area (Å²) in [5, 5.41) is 10.9. The molecule has 1 aliphatic rings. The van der Waals surface area contributed by atoms with Crippen LogP contribution in [0.4, 0.5) is 11.4 Å². The average molecular weight is 251 g/mol. The summed E-state index contributed by atoms with van der Waals surface area (Å²) in [6, 6.07) is 4.90. The molecule has 0 aromatic heterocycles. The summed E-state index contributed by atoms with van der Waals surface area (Å²) in [5.41, 5.74) is 3.40. The van der Waals surface area contributed by atoms with Gasteiger partial charge in [0.05, 0.1) is 17.6 Å². The Morgan fingerprint density at radius 1 is 1.44 bits per heavy atom. The van der Waals surface area contributed by atoms with Gasteiger partial charge >= 0.3 is 0 Å². The van der Waals surface area contributed by atoms with E-state index in [2.05, 4.69) is 5.43 Å². The molecule has 0 atom stereocenters. The zero-order valence-corrected chi connectivity index (χ0v) is 10.1. The number of hydrazine groups is 1. The number of hydrogen-bond donors (Lipinski definition) is 2. The van der Waals surface area contributed by atoms with E-state index in [1.807, 2.05) is 0 Å². The molecule has 0 unspecified atom stereocenters. The molecule has 0 radical (unpaired) electrons. The third-order valence-electron chi connectivity index (χ3n) is 3.20. The van der Waals surface area contributed by atoms with Crippen molar-refractivity contribution in [2.24, 2.45) is 5.84 Å². The van der Waals surface area contributed by atoms with Crippen molar-refractivity contribution in [1.29, 1.82) is 0 Å². The van der Waals surface area contributed by atoms with Gasteiger partial charge in [0.15, 0.2) is 0 Å². The van der Waals surface area contributed by atoms with E-state index in [1.165, 1.54) is 18.9 Å². The monoisotopic (exact) mass is 251 g/mol. The number of rotatable bonds is 5. The summed E-state index contributed by atoms with van der Waals surface area (Å²) in [6.45, 7) is 0.413. The lowest BCUT2D eigenvalue weighted by Crippen LogP contribution is -2.10. The van der Waals surface area contributed by atoms with E-state index in [1.54, 1.807) is 12.1 Å². The standard InChI is InChI=1S/C12H17N3O3/c13-14-11-6-5-9(7-12(11)15(16)17)8-18-10-3-1-2-4-10/h5-7,10,14H,1-4,8,13H2. The van der Waals surface area contributed by atoms with Gasteiger partial charge in [0, 0.05) is 6.07 Å². The number of ether oxygens (including phenoxy) is 1. The highest BCUT2D eigenvalue weighted by atomic mass is 16.6. The number of nitrogen functional groups attached to an aromatic ring is 1. The van der Waals surface area contributed by atoms with Crippen LogP contribution >= 0.6 is 0 Å². The van der Waals surface area contributed by atoms with Crippen molar-refractivity contribution >= 4 is 11.4 Å². The Morgan fingerprint density at radius 2 is 2.17 bits per heavy atom. The molecule has 1 aliphatic carbocycles. The molecule has 0 saturated heterocycles. The van der Waals surface area contributed by atoms with Crippen LogP contribution in [0.2, 0.25) is 0 Å². The molecule has 1 aromatic rings. The Balaban J connectivity index is 2.04. The molecule has 2 rings (SSSR count). The number of anilines is 1. The van der Waals surface area contributed by atoms with E-state index in [-0.39, 0.29) is 5.69 Å². The minimum Gasteiger partial charge on any atom is -0.374 e. The van der Waals surface area contributed by atoms with Gasteiger partial charge in [-0.1, -0.05) is 18.9 Å². The number of nitrogens with one attached hydrogen (secondary N) is 1. The first-order valence-electron chi connectivity index (χ1n) is 6.06. The van der Waals surface area contributed by atoms with E-state index in [0.717, 1.165) is 18.4 Å². The minimum atomic E-state index is -0.450. The van der Waals surface area contributed by atoms with Crippen molar-refractivity contribution < 1.29 is 9.66 Å². The maximum Gasteiger partial charge on any atom is 0.294 e. The van der Waals surface area contributed by atoms with Crippen LogP contribution < -0.4 is 11.3 Å². The summed E-state index contributed by atoms with van der Waals surface area (Å²) >= 11 is 0. The van der Waals surface area contributed by atoms with Gasteiger partial charge in [-0.25, -0.2) is 0 Å². The Bertz CT molecular complexity index is 431. The lowest BCUT2D eigenvalue weighted by molar-refractivity contribution is -0.384. The Morgan fingerprint density at radius 3 is 2.78 bits per heavy atom. The minimum absolute atomic E-state index is 0.0231. The highest BCUT2D eigenvalue weighted by Crippen LogP contribution is 2.26. The summed E-state index contributed by atoms with van der Waals surface area (Å²) in [5.74, 6) is 5.23. The number of nitro groups is 1. The molecule has 1 saturated carbocycles. The third-order valence-corrected chi connectivity index (χ3v) is 3.20. The number of nitrogens with zero attached hydrogens (tertiary/aromatic N) is 1. The summed E-state index contributed by atoms with van der Waals surface area (Å²) < 4.78 is 5.72. The smallest absolute Gasteiger partial charge is 0.294 e. The summed E-state index contributed by atoms with van der Waals surface area (Å²) in [7, 11) is 0. The maximum absolute atomic E-state index is 10.9.